The molecule has 0 N–H and O–H groups in total. The van der Waals surface area contributed by atoms with Gasteiger partial charge in [-0.15, -0.1) is 44.8 Å². The number of fused-ring (bicyclic) bond motifs is 10. The van der Waals surface area contributed by atoms with Crippen LogP contribution in [0.4, 0.5) is 0 Å². The second kappa shape index (κ2) is 23.9. The Morgan fingerprint density at radius 1 is 0.284 bits per heavy atom. The Hall–Kier alpha value is -8.52. The Balaban J connectivity index is 0.000000140. The minimum atomic E-state index is 0. The predicted octanol–water partition coefficient (Wildman–Crippen LogP) is 24.5. The van der Waals surface area contributed by atoms with Gasteiger partial charge in [-0.05, 0) is 157 Å². The summed E-state index contributed by atoms with van der Waals surface area (Å²) in [5.74, 6) is 1.65. The topological polar surface area (TPSA) is 0 Å². The van der Waals surface area contributed by atoms with Crippen LogP contribution in [0.1, 0.15) is 49.7 Å². The Morgan fingerprint density at radius 2 is 0.500 bits per heavy atom. The van der Waals surface area contributed by atoms with Crippen molar-refractivity contribution in [2.24, 2.45) is 11.8 Å². The van der Waals surface area contributed by atoms with Crippen molar-refractivity contribution < 1.29 is 26.2 Å². The molecule has 2 aliphatic carbocycles. The normalized spacial score (nSPS) is 13.5. The SMILES string of the molecule is C[Si]C.[Zr+2].c1ccc2c(-c3ccc(-c4c5ccccc5cc5ccccc45)c4[cH-]c(CC5CCC5)cc34)c3ccccc3cc2c1.c1ccc2c(-c3ccc(-c4c5ccccc5cc5ccccc45)c4[cH-]c(CC5CCC5)cc34)c3ccccc3cc2c1. The van der Waals surface area contributed by atoms with Gasteiger partial charge < -0.3 is 0 Å². The number of hydrogen-bond donors (Lipinski definition) is 0. The molecule has 420 valence electrons. The van der Waals surface area contributed by atoms with E-state index in [9.17, 15) is 0 Å². The molecule has 0 heterocycles. The van der Waals surface area contributed by atoms with E-state index in [2.05, 4.69) is 280 Å². The zero-order valence-electron chi connectivity index (χ0n) is 50.2. The number of benzene rings is 14. The van der Waals surface area contributed by atoms with Crippen molar-refractivity contribution in [3.63, 3.8) is 0 Å². The van der Waals surface area contributed by atoms with Crippen LogP contribution >= 0.6 is 0 Å². The summed E-state index contributed by atoms with van der Waals surface area (Å²) in [5.41, 5.74) is 13.7. The van der Waals surface area contributed by atoms with Crippen LogP contribution in [0, 0.1) is 11.8 Å². The first kappa shape index (κ1) is 56.0. The standard InChI is InChI=1S/2C42H31.C2H6Si.Zr/c2*1-5-16-33-29(12-1)25-30-13-2-6-17-34(30)41(33)37-20-21-38(40-24-28(23-39(37)40)22-27-10-9-11-27)42-35-18-7-3-14-31(35)26-32-15-4-8-19-36(32)42;1-3-2;/h2*1-8,12-21,23-27H,9-11,22H2;1-2H3;/q2*-1;;+2. The molecule has 0 atom stereocenters. The Kier molecular flexibility index (Phi) is 15.2. The molecule has 0 aliphatic heterocycles. The Labute approximate surface area is 538 Å². The Morgan fingerprint density at radius 3 is 0.727 bits per heavy atom. The molecule has 2 fully saturated rings. The van der Waals surface area contributed by atoms with Crippen LogP contribution in [0.15, 0.2) is 267 Å². The van der Waals surface area contributed by atoms with Gasteiger partial charge in [0, 0.05) is 9.52 Å². The first-order valence-electron chi connectivity index (χ1n) is 31.7. The van der Waals surface area contributed by atoms with Gasteiger partial charge in [-0.3, -0.25) is 0 Å². The summed E-state index contributed by atoms with van der Waals surface area (Å²) in [5, 5.41) is 26.4. The van der Waals surface area contributed by atoms with Crippen molar-refractivity contribution in [2.75, 3.05) is 0 Å². The molecular weight excluding hydrogens is 1150 g/mol. The third-order valence-electron chi connectivity index (χ3n) is 19.6. The molecule has 88 heavy (non-hydrogen) atoms. The van der Waals surface area contributed by atoms with Crippen LogP contribution < -0.4 is 0 Å². The first-order valence-corrected chi connectivity index (χ1v) is 33.7. The van der Waals surface area contributed by atoms with E-state index in [4.69, 9.17) is 0 Å². The zero-order valence-corrected chi connectivity index (χ0v) is 53.7. The van der Waals surface area contributed by atoms with Crippen molar-refractivity contribution in [3.05, 3.63) is 278 Å². The summed E-state index contributed by atoms with van der Waals surface area (Å²) >= 11 is 0. The van der Waals surface area contributed by atoms with E-state index in [0.29, 0.717) is 0 Å². The third-order valence-corrected chi connectivity index (χ3v) is 19.6. The zero-order chi connectivity index (χ0) is 58.0. The molecule has 18 rings (SSSR count). The van der Waals surface area contributed by atoms with E-state index in [0.717, 1.165) is 21.4 Å². The molecule has 2 aliphatic rings. The summed E-state index contributed by atoms with van der Waals surface area (Å²) in [7, 11) is 1.08. The molecular formula is C86H68SiZr. The summed E-state index contributed by atoms with van der Waals surface area (Å²) in [6.45, 7) is 4.31. The largest absolute Gasteiger partial charge is 2.00 e. The summed E-state index contributed by atoms with van der Waals surface area (Å²) < 4.78 is 0. The van der Waals surface area contributed by atoms with Crippen LogP contribution in [-0.2, 0) is 39.0 Å². The molecule has 16 aromatic rings. The molecule has 16 aromatic carbocycles. The fourth-order valence-corrected chi connectivity index (χ4v) is 15.1. The van der Waals surface area contributed by atoms with Gasteiger partial charge in [0.25, 0.3) is 0 Å². The second-order valence-electron chi connectivity index (χ2n) is 25.0. The van der Waals surface area contributed by atoms with Gasteiger partial charge in [0.15, 0.2) is 0 Å². The third kappa shape index (κ3) is 9.94. The van der Waals surface area contributed by atoms with Gasteiger partial charge >= 0.3 is 26.2 Å². The van der Waals surface area contributed by atoms with Gasteiger partial charge in [-0.25, -0.2) is 0 Å². The molecule has 0 spiro atoms. The smallest absolute Gasteiger partial charge is 0.164 e. The van der Waals surface area contributed by atoms with Crippen LogP contribution in [0.3, 0.4) is 0 Å². The van der Waals surface area contributed by atoms with E-state index in [1.54, 1.807) is 0 Å². The van der Waals surface area contributed by atoms with E-state index in [1.807, 2.05) is 0 Å². The fourth-order valence-electron chi connectivity index (χ4n) is 15.1. The average Bonchev–Trinajstić information content (AvgIpc) is 2.29. The average molecular weight is 1220 g/mol. The molecule has 2 heteroatoms. The molecule has 0 nitrogen and oxygen atoms in total. The van der Waals surface area contributed by atoms with Crippen molar-refractivity contribution in [1.82, 2.24) is 0 Å². The van der Waals surface area contributed by atoms with Gasteiger partial charge in [-0.2, -0.15) is 12.1 Å². The predicted molar refractivity (Wildman–Crippen MR) is 380 cm³/mol. The maximum atomic E-state index is 2.52. The van der Waals surface area contributed by atoms with E-state index in [-0.39, 0.29) is 26.2 Å². The van der Waals surface area contributed by atoms with E-state index < -0.39 is 0 Å². The van der Waals surface area contributed by atoms with Crippen LogP contribution in [-0.4, -0.2) is 9.52 Å². The fraction of sp³-hybridized carbons (Fsp3) is 0.140. The first-order chi connectivity index (χ1) is 43.0. The van der Waals surface area contributed by atoms with Crippen LogP contribution in [0.5, 0.6) is 0 Å². The van der Waals surface area contributed by atoms with Gasteiger partial charge in [0.05, 0.1) is 0 Å². The molecule has 0 unspecified atom stereocenters. The number of hydrogen-bond acceptors (Lipinski definition) is 0. The number of rotatable bonds is 8. The van der Waals surface area contributed by atoms with Gasteiger partial charge in [0.2, 0.25) is 0 Å². The summed E-state index contributed by atoms with van der Waals surface area (Å²) in [6.07, 6.45) is 10.6. The molecule has 0 bridgehead atoms. The maximum absolute atomic E-state index is 2.52. The van der Waals surface area contributed by atoms with E-state index in [1.165, 1.54) is 215 Å². The summed E-state index contributed by atoms with van der Waals surface area (Å²) in [4.78, 5) is 0. The van der Waals surface area contributed by atoms with Crippen molar-refractivity contribution in [1.29, 1.82) is 0 Å². The van der Waals surface area contributed by atoms with E-state index >= 15 is 0 Å². The quantitative estimate of drug-likeness (QED) is 0.0808. The summed E-state index contributed by atoms with van der Waals surface area (Å²) in [6, 6.07) is 100. The van der Waals surface area contributed by atoms with Crippen LogP contribution in [0.25, 0.3) is 152 Å². The maximum Gasteiger partial charge on any atom is 2.00 e. The minimum Gasteiger partial charge on any atom is -0.164 e. The van der Waals surface area contributed by atoms with Crippen molar-refractivity contribution in [2.45, 2.75) is 64.5 Å². The minimum absolute atomic E-state index is 0. The van der Waals surface area contributed by atoms with Gasteiger partial charge in [-0.1, -0.05) is 292 Å². The van der Waals surface area contributed by atoms with Gasteiger partial charge in [0.1, 0.15) is 0 Å². The van der Waals surface area contributed by atoms with Crippen LogP contribution in [0.2, 0.25) is 13.1 Å². The Bertz CT molecular complexity index is 4460. The molecule has 0 amide bonds. The monoisotopic (exact) mass is 1220 g/mol. The molecule has 0 saturated heterocycles. The molecule has 2 saturated carbocycles. The molecule has 0 aromatic heterocycles. The van der Waals surface area contributed by atoms with Crippen molar-refractivity contribution >= 4 is 117 Å². The second-order valence-corrected chi connectivity index (χ2v) is 26.0. The van der Waals surface area contributed by atoms with Crippen molar-refractivity contribution in [3.8, 4) is 44.5 Å². The molecule has 2 radical (unpaired) electrons.